The molecule has 35 heavy (non-hydrogen) atoms. The topological polar surface area (TPSA) is 39.4 Å². The number of ether oxygens (including phenoxy) is 1. The summed E-state index contributed by atoms with van der Waals surface area (Å²) < 4.78 is 12.2. The minimum absolute atomic E-state index is 0.0322. The zero-order valence-corrected chi connectivity index (χ0v) is 22.4. The van der Waals surface area contributed by atoms with Gasteiger partial charge in [0.2, 0.25) is 0 Å². The van der Waals surface area contributed by atoms with Gasteiger partial charge in [-0.15, -0.1) is 0 Å². The smallest absolute Gasteiger partial charge is 0.311 e. The Morgan fingerprint density at radius 2 is 1.89 bits per heavy atom. The van der Waals surface area contributed by atoms with Gasteiger partial charge in [-0.2, -0.15) is 0 Å². The number of esters is 1. The van der Waals surface area contributed by atoms with Gasteiger partial charge < -0.3 is 13.6 Å². The quantitative estimate of drug-likeness (QED) is 0.234. The first kappa shape index (κ1) is 25.8. The van der Waals surface area contributed by atoms with Crippen molar-refractivity contribution < 1.29 is 18.4 Å². The Balaban J connectivity index is 1.48. The molecule has 0 spiro atoms. The number of aryl methyl sites for hydroxylation is 1. The number of methoxy groups -OCH3 is 1. The zero-order chi connectivity index (χ0) is 25.3. The highest BCUT2D eigenvalue weighted by Crippen LogP contribution is 2.62. The summed E-state index contributed by atoms with van der Waals surface area (Å²) in [5, 5.41) is 0. The van der Waals surface area contributed by atoms with Crippen LogP contribution >= 0.6 is 0 Å². The fourth-order valence-electron chi connectivity index (χ4n) is 7.51. The van der Waals surface area contributed by atoms with Crippen molar-refractivity contribution in [1.82, 2.24) is 0 Å². The molecule has 2 saturated carbocycles. The summed E-state index contributed by atoms with van der Waals surface area (Å²) in [7, 11) is 6.07. The van der Waals surface area contributed by atoms with Gasteiger partial charge in [-0.25, -0.2) is 0 Å². The molecule has 0 N–H and O–H groups in total. The van der Waals surface area contributed by atoms with Crippen LogP contribution in [0.1, 0.15) is 69.3 Å². The molecule has 4 nitrogen and oxygen atoms in total. The van der Waals surface area contributed by atoms with Gasteiger partial charge in [-0.1, -0.05) is 55.8 Å². The van der Waals surface area contributed by atoms with Crippen LogP contribution in [0.5, 0.6) is 0 Å². The third-order valence-corrected chi connectivity index (χ3v) is 9.24. The van der Waals surface area contributed by atoms with E-state index in [4.69, 9.17) is 9.15 Å². The Morgan fingerprint density at radius 1 is 1.14 bits per heavy atom. The van der Waals surface area contributed by atoms with E-state index in [2.05, 4.69) is 70.9 Å². The molecule has 0 amide bonds. The van der Waals surface area contributed by atoms with Gasteiger partial charge >= 0.3 is 5.97 Å². The number of quaternary nitrogens is 1. The molecule has 4 rings (SSSR count). The first-order valence-electron chi connectivity index (χ1n) is 13.3. The van der Waals surface area contributed by atoms with Crippen LogP contribution in [-0.4, -0.2) is 31.7 Å². The molecule has 1 aromatic heterocycles. The van der Waals surface area contributed by atoms with Crippen molar-refractivity contribution in [2.75, 3.05) is 21.2 Å². The molecule has 1 aromatic carbocycles. The zero-order valence-electron chi connectivity index (χ0n) is 22.4. The standard InChI is InChI=1S/C31H44NO3/c1-23-13-16-28-30(2,18-10-19-31(28,3)29(33)34-6)26(23)15-14-25-17-20-35-27(25)22-32(4,5)21-24-11-8-7-9-12-24/h7-9,11-12,17,20,26,28H,1,10,13-16,18-19,21-22H2,2-6H3/q+1/t26-,28+,30-,31-/m1/s1. The van der Waals surface area contributed by atoms with E-state index in [1.165, 1.54) is 23.8 Å². The number of furan rings is 1. The largest absolute Gasteiger partial charge is 0.469 e. The van der Waals surface area contributed by atoms with Crippen LogP contribution in [-0.2, 0) is 29.0 Å². The van der Waals surface area contributed by atoms with Crippen molar-refractivity contribution in [3.8, 4) is 0 Å². The highest BCUT2D eigenvalue weighted by Gasteiger charge is 2.57. The molecule has 0 saturated heterocycles. The van der Waals surface area contributed by atoms with Gasteiger partial charge in [0.15, 0.2) is 5.76 Å². The molecular weight excluding hydrogens is 434 g/mol. The second kappa shape index (κ2) is 9.97. The summed E-state index contributed by atoms with van der Waals surface area (Å²) in [5.74, 6) is 1.82. The summed E-state index contributed by atoms with van der Waals surface area (Å²) in [6.45, 7) is 10.9. The van der Waals surface area contributed by atoms with Crippen LogP contribution in [0.2, 0.25) is 0 Å². The number of nitrogens with zero attached hydrogens (tertiary/aromatic N) is 1. The van der Waals surface area contributed by atoms with E-state index in [0.29, 0.717) is 11.8 Å². The lowest BCUT2D eigenvalue weighted by atomic mass is 9.46. The molecule has 0 radical (unpaired) electrons. The number of hydrogen-bond donors (Lipinski definition) is 0. The predicted octanol–water partition coefficient (Wildman–Crippen LogP) is 6.94. The highest BCUT2D eigenvalue weighted by atomic mass is 16.5. The second-order valence-corrected chi connectivity index (χ2v) is 12.2. The van der Waals surface area contributed by atoms with Crippen LogP contribution < -0.4 is 0 Å². The predicted molar refractivity (Wildman–Crippen MR) is 140 cm³/mol. The minimum atomic E-state index is -0.388. The first-order chi connectivity index (χ1) is 16.6. The third-order valence-electron chi connectivity index (χ3n) is 9.24. The van der Waals surface area contributed by atoms with Crippen molar-refractivity contribution in [2.24, 2.45) is 22.7 Å². The maximum absolute atomic E-state index is 12.9. The van der Waals surface area contributed by atoms with E-state index in [-0.39, 0.29) is 16.8 Å². The summed E-state index contributed by atoms with van der Waals surface area (Å²) in [6.07, 6.45) is 9.11. The van der Waals surface area contributed by atoms with Gasteiger partial charge in [-0.3, -0.25) is 4.79 Å². The Morgan fingerprint density at radius 3 is 2.60 bits per heavy atom. The number of benzene rings is 1. The Labute approximate surface area is 211 Å². The fourth-order valence-corrected chi connectivity index (χ4v) is 7.51. The molecule has 2 fully saturated rings. The lowest BCUT2D eigenvalue weighted by Gasteiger charge is -2.57. The average Bonchev–Trinajstić information content (AvgIpc) is 3.24. The molecule has 2 aliphatic rings. The number of fused-ring (bicyclic) bond motifs is 1. The number of carbonyl (C=O) groups is 1. The van der Waals surface area contributed by atoms with Gasteiger partial charge in [0, 0.05) is 5.56 Å². The van der Waals surface area contributed by atoms with E-state index in [1.54, 1.807) is 0 Å². The van der Waals surface area contributed by atoms with Crippen LogP contribution in [0, 0.1) is 22.7 Å². The molecule has 4 heteroatoms. The maximum Gasteiger partial charge on any atom is 0.311 e. The SMILES string of the molecule is C=C1CC[C@H]2[C@](C)(CCC[C@@]2(C)C(=O)OC)[C@@H]1CCc1ccoc1C[N+](C)(C)Cc1ccccc1. The number of hydrogen-bond acceptors (Lipinski definition) is 3. The van der Waals surface area contributed by atoms with Crippen molar-refractivity contribution >= 4 is 5.97 Å². The third kappa shape index (κ3) is 5.14. The van der Waals surface area contributed by atoms with E-state index in [9.17, 15) is 4.79 Å². The molecule has 0 unspecified atom stereocenters. The molecule has 4 atom stereocenters. The van der Waals surface area contributed by atoms with Gasteiger partial charge in [0.25, 0.3) is 0 Å². The molecule has 190 valence electrons. The Bertz CT molecular complexity index is 1040. The minimum Gasteiger partial charge on any atom is -0.469 e. The number of allylic oxidation sites excluding steroid dienone is 1. The monoisotopic (exact) mass is 478 g/mol. The van der Waals surface area contributed by atoms with Crippen molar-refractivity contribution in [3.63, 3.8) is 0 Å². The van der Waals surface area contributed by atoms with E-state index >= 15 is 0 Å². The van der Waals surface area contributed by atoms with Crippen LogP contribution in [0.25, 0.3) is 0 Å². The molecule has 2 aromatic rings. The number of carbonyl (C=O) groups excluding carboxylic acids is 1. The fraction of sp³-hybridized carbons (Fsp3) is 0.581. The maximum atomic E-state index is 12.9. The normalized spacial score (nSPS) is 29.0. The molecule has 2 aliphatic carbocycles. The summed E-state index contributed by atoms with van der Waals surface area (Å²) in [5.41, 5.74) is 3.72. The first-order valence-corrected chi connectivity index (χ1v) is 13.3. The Kier molecular flexibility index (Phi) is 7.33. The van der Waals surface area contributed by atoms with Gasteiger partial charge in [0.1, 0.15) is 13.1 Å². The van der Waals surface area contributed by atoms with Crippen molar-refractivity contribution in [2.45, 2.75) is 71.9 Å². The van der Waals surface area contributed by atoms with Crippen molar-refractivity contribution in [3.05, 3.63) is 71.7 Å². The summed E-state index contributed by atoms with van der Waals surface area (Å²) in [6, 6.07) is 12.8. The van der Waals surface area contributed by atoms with Gasteiger partial charge in [-0.05, 0) is 74.3 Å². The number of rotatable bonds is 8. The second-order valence-electron chi connectivity index (χ2n) is 12.2. The molecular formula is C31H44NO3+. The van der Waals surface area contributed by atoms with Crippen LogP contribution in [0.3, 0.4) is 0 Å². The molecule has 0 bridgehead atoms. The van der Waals surface area contributed by atoms with E-state index in [0.717, 1.165) is 68.3 Å². The Hall–Kier alpha value is -2.33. The van der Waals surface area contributed by atoms with E-state index in [1.807, 2.05) is 6.26 Å². The van der Waals surface area contributed by atoms with Crippen LogP contribution in [0.15, 0.2) is 59.2 Å². The van der Waals surface area contributed by atoms with E-state index < -0.39 is 0 Å². The highest BCUT2D eigenvalue weighted by molar-refractivity contribution is 5.77. The average molecular weight is 479 g/mol. The lowest BCUT2D eigenvalue weighted by molar-refractivity contribution is -0.917. The summed E-state index contributed by atoms with van der Waals surface area (Å²) in [4.78, 5) is 12.9. The van der Waals surface area contributed by atoms with Gasteiger partial charge in [0.05, 0.1) is 32.9 Å². The van der Waals surface area contributed by atoms with Crippen molar-refractivity contribution in [1.29, 1.82) is 0 Å². The molecule has 1 heterocycles. The van der Waals surface area contributed by atoms with Crippen LogP contribution in [0.4, 0.5) is 0 Å². The summed E-state index contributed by atoms with van der Waals surface area (Å²) >= 11 is 0. The lowest BCUT2D eigenvalue weighted by Crippen LogP contribution is -2.53. The molecule has 0 aliphatic heterocycles.